The molecule has 3 nitrogen and oxygen atoms in total. The van der Waals surface area contributed by atoms with Crippen LogP contribution in [0.4, 0.5) is 0 Å². The van der Waals surface area contributed by atoms with Crippen LogP contribution in [0.5, 0.6) is 0 Å². The Hall–Kier alpha value is -0.120. The minimum atomic E-state index is 0.701. The minimum Gasteiger partial charge on any atom is -0.329 e. The van der Waals surface area contributed by atoms with Crippen LogP contribution in [0.25, 0.3) is 0 Å². The molecule has 0 aromatic rings. The second kappa shape index (κ2) is 8.23. The average molecular weight is 267 g/mol. The molecule has 0 bridgehead atoms. The summed E-state index contributed by atoms with van der Waals surface area (Å²) in [4.78, 5) is 2.57. The number of rotatable bonds is 6. The Morgan fingerprint density at radius 3 is 2.58 bits per heavy atom. The van der Waals surface area contributed by atoms with E-state index in [0.717, 1.165) is 24.9 Å². The molecule has 1 aliphatic heterocycles. The van der Waals surface area contributed by atoms with Crippen LogP contribution in [0.15, 0.2) is 0 Å². The van der Waals surface area contributed by atoms with Crippen LogP contribution in [0.1, 0.15) is 51.9 Å². The topological polar surface area (TPSA) is 41.3 Å². The maximum atomic E-state index is 5.72. The van der Waals surface area contributed by atoms with Gasteiger partial charge in [-0.2, -0.15) is 0 Å². The van der Waals surface area contributed by atoms with E-state index in [4.69, 9.17) is 5.73 Å². The van der Waals surface area contributed by atoms with Gasteiger partial charge in [0.2, 0.25) is 0 Å². The van der Waals surface area contributed by atoms with E-state index in [1.807, 2.05) is 0 Å². The van der Waals surface area contributed by atoms with E-state index in [1.54, 1.807) is 0 Å². The molecule has 3 N–H and O–H groups in total. The van der Waals surface area contributed by atoms with E-state index in [1.165, 1.54) is 64.6 Å². The Kier molecular flexibility index (Phi) is 6.62. The van der Waals surface area contributed by atoms with Gasteiger partial charge in [-0.05, 0) is 37.6 Å². The summed E-state index contributed by atoms with van der Waals surface area (Å²) >= 11 is 0. The van der Waals surface area contributed by atoms with Gasteiger partial charge < -0.3 is 16.0 Å². The molecular formula is C16H33N3. The highest BCUT2D eigenvalue weighted by molar-refractivity contribution is 4.84. The van der Waals surface area contributed by atoms with Crippen LogP contribution in [-0.4, -0.2) is 43.7 Å². The number of nitrogens with zero attached hydrogens (tertiary/aromatic N) is 1. The van der Waals surface area contributed by atoms with Crippen molar-refractivity contribution in [2.24, 2.45) is 17.6 Å². The number of nitrogens with two attached hydrogens (primary N) is 1. The summed E-state index contributed by atoms with van der Waals surface area (Å²) < 4.78 is 0. The first kappa shape index (κ1) is 15.3. The van der Waals surface area contributed by atoms with Crippen molar-refractivity contribution in [3.63, 3.8) is 0 Å². The van der Waals surface area contributed by atoms with Gasteiger partial charge in [-0.1, -0.05) is 32.6 Å². The van der Waals surface area contributed by atoms with Gasteiger partial charge in [-0.3, -0.25) is 0 Å². The van der Waals surface area contributed by atoms with Crippen molar-refractivity contribution in [1.29, 1.82) is 0 Å². The van der Waals surface area contributed by atoms with Crippen LogP contribution in [0, 0.1) is 11.8 Å². The molecule has 2 atom stereocenters. The van der Waals surface area contributed by atoms with Crippen molar-refractivity contribution in [2.45, 2.75) is 57.9 Å². The lowest BCUT2D eigenvalue weighted by Gasteiger charge is -2.38. The standard InChI is InChI=1S/C16H33N3/c1-2-14-10-16(13-19(12-14)9-8-17)18-11-15-6-4-3-5-7-15/h14-16,18H,2-13,17H2,1H3. The highest BCUT2D eigenvalue weighted by Crippen LogP contribution is 2.24. The van der Waals surface area contributed by atoms with Gasteiger partial charge in [0.15, 0.2) is 0 Å². The van der Waals surface area contributed by atoms with E-state index in [0.29, 0.717) is 6.04 Å². The molecule has 0 spiro atoms. The predicted molar refractivity (Wildman–Crippen MR) is 82.3 cm³/mol. The van der Waals surface area contributed by atoms with Crippen molar-refractivity contribution in [3.8, 4) is 0 Å². The Labute approximate surface area is 119 Å². The van der Waals surface area contributed by atoms with Crippen LogP contribution in [0.2, 0.25) is 0 Å². The van der Waals surface area contributed by atoms with Gasteiger partial charge in [0.25, 0.3) is 0 Å². The zero-order valence-corrected chi connectivity index (χ0v) is 12.7. The summed E-state index contributed by atoms with van der Waals surface area (Å²) in [6, 6.07) is 0.701. The SMILES string of the molecule is CCC1CC(NCC2CCCCC2)CN(CCN)C1. The smallest absolute Gasteiger partial charge is 0.0198 e. The fourth-order valence-electron chi connectivity index (χ4n) is 3.84. The molecule has 19 heavy (non-hydrogen) atoms. The molecule has 2 unspecified atom stereocenters. The molecule has 2 rings (SSSR count). The minimum absolute atomic E-state index is 0.701. The number of hydrogen-bond donors (Lipinski definition) is 2. The summed E-state index contributed by atoms with van der Waals surface area (Å²) in [5.74, 6) is 1.81. The Bertz CT molecular complexity index is 238. The fraction of sp³-hybridized carbons (Fsp3) is 1.00. The zero-order valence-electron chi connectivity index (χ0n) is 12.7. The van der Waals surface area contributed by atoms with Gasteiger partial charge in [-0.15, -0.1) is 0 Å². The van der Waals surface area contributed by atoms with Crippen LogP contribution >= 0.6 is 0 Å². The second-order valence-electron chi connectivity index (χ2n) is 6.67. The molecule has 1 saturated heterocycles. The first-order valence-electron chi connectivity index (χ1n) is 8.47. The van der Waals surface area contributed by atoms with Crippen molar-refractivity contribution in [3.05, 3.63) is 0 Å². The molecule has 112 valence electrons. The Morgan fingerprint density at radius 2 is 1.89 bits per heavy atom. The lowest BCUT2D eigenvalue weighted by atomic mass is 9.88. The summed E-state index contributed by atoms with van der Waals surface area (Å²) in [5, 5.41) is 3.86. The molecule has 0 aromatic carbocycles. The first-order chi connectivity index (χ1) is 9.31. The van der Waals surface area contributed by atoms with Crippen molar-refractivity contribution in [2.75, 3.05) is 32.7 Å². The van der Waals surface area contributed by atoms with E-state index in [-0.39, 0.29) is 0 Å². The predicted octanol–water partition coefficient (Wildman–Crippen LogP) is 2.22. The molecule has 0 amide bonds. The van der Waals surface area contributed by atoms with Crippen LogP contribution in [0.3, 0.4) is 0 Å². The zero-order chi connectivity index (χ0) is 13.5. The van der Waals surface area contributed by atoms with Gasteiger partial charge >= 0.3 is 0 Å². The first-order valence-corrected chi connectivity index (χ1v) is 8.47. The van der Waals surface area contributed by atoms with E-state index < -0.39 is 0 Å². The van der Waals surface area contributed by atoms with Gasteiger partial charge in [0, 0.05) is 32.2 Å². The van der Waals surface area contributed by atoms with Gasteiger partial charge in [0.05, 0.1) is 0 Å². The molecule has 0 aromatic heterocycles. The molecule has 1 heterocycles. The Balaban J connectivity index is 1.74. The normalized spacial score (nSPS) is 30.6. The number of likely N-dealkylation sites (tertiary alicyclic amines) is 1. The maximum Gasteiger partial charge on any atom is 0.0198 e. The highest BCUT2D eigenvalue weighted by Gasteiger charge is 2.26. The summed E-state index contributed by atoms with van der Waals surface area (Å²) in [6.07, 6.45) is 9.93. The second-order valence-corrected chi connectivity index (χ2v) is 6.67. The molecule has 2 aliphatic rings. The number of hydrogen-bond acceptors (Lipinski definition) is 3. The average Bonchev–Trinajstić information content (AvgIpc) is 2.46. The molecule has 1 aliphatic carbocycles. The van der Waals surface area contributed by atoms with Crippen LogP contribution in [-0.2, 0) is 0 Å². The monoisotopic (exact) mass is 267 g/mol. The highest BCUT2D eigenvalue weighted by atomic mass is 15.2. The lowest BCUT2D eigenvalue weighted by molar-refractivity contribution is 0.137. The lowest BCUT2D eigenvalue weighted by Crippen LogP contribution is -2.51. The summed E-state index contributed by atoms with van der Waals surface area (Å²) in [5.41, 5.74) is 5.72. The largest absolute Gasteiger partial charge is 0.329 e. The number of nitrogens with one attached hydrogen (secondary N) is 1. The third-order valence-corrected chi connectivity index (χ3v) is 5.06. The molecule has 3 heteroatoms. The molecule has 0 radical (unpaired) electrons. The molecule has 2 fully saturated rings. The summed E-state index contributed by atoms with van der Waals surface area (Å²) in [7, 11) is 0. The fourth-order valence-corrected chi connectivity index (χ4v) is 3.84. The quantitative estimate of drug-likeness (QED) is 0.775. The van der Waals surface area contributed by atoms with Gasteiger partial charge in [0.1, 0.15) is 0 Å². The van der Waals surface area contributed by atoms with Crippen LogP contribution < -0.4 is 11.1 Å². The maximum absolute atomic E-state index is 5.72. The molecule has 1 saturated carbocycles. The van der Waals surface area contributed by atoms with E-state index in [2.05, 4.69) is 17.1 Å². The van der Waals surface area contributed by atoms with Gasteiger partial charge in [-0.25, -0.2) is 0 Å². The third-order valence-electron chi connectivity index (χ3n) is 5.06. The van der Waals surface area contributed by atoms with Crippen molar-refractivity contribution in [1.82, 2.24) is 10.2 Å². The molecular weight excluding hydrogens is 234 g/mol. The van der Waals surface area contributed by atoms with Crippen molar-refractivity contribution >= 4 is 0 Å². The summed E-state index contributed by atoms with van der Waals surface area (Å²) in [6.45, 7) is 7.91. The Morgan fingerprint density at radius 1 is 1.11 bits per heavy atom. The third kappa shape index (κ3) is 5.05. The van der Waals surface area contributed by atoms with E-state index >= 15 is 0 Å². The van der Waals surface area contributed by atoms with E-state index in [9.17, 15) is 0 Å². The number of piperidine rings is 1. The van der Waals surface area contributed by atoms with Crippen molar-refractivity contribution < 1.29 is 0 Å².